The highest BCUT2D eigenvalue weighted by atomic mass is 16.5. The van der Waals surface area contributed by atoms with Gasteiger partial charge in [-0.05, 0) is 38.7 Å². The predicted octanol–water partition coefficient (Wildman–Crippen LogP) is 1.54. The molecule has 0 aliphatic carbocycles. The van der Waals surface area contributed by atoms with Crippen molar-refractivity contribution in [1.82, 2.24) is 4.90 Å². The van der Waals surface area contributed by atoms with E-state index in [4.69, 9.17) is 34.0 Å². The van der Waals surface area contributed by atoms with Crippen LogP contribution in [0.25, 0.3) is 0 Å². The van der Waals surface area contributed by atoms with Gasteiger partial charge in [-0.1, -0.05) is 6.08 Å². The molecule has 0 fully saturated rings. The third-order valence-electron chi connectivity index (χ3n) is 2.98. The van der Waals surface area contributed by atoms with Gasteiger partial charge >= 0.3 is 11.9 Å². The molecule has 8 nitrogen and oxygen atoms in total. The Morgan fingerprint density at radius 2 is 1.81 bits per heavy atom. The number of methoxy groups -OCH3 is 1. The molecular weight excluding hydrogens is 342 g/mol. The van der Waals surface area contributed by atoms with Crippen molar-refractivity contribution in [3.05, 3.63) is 36.4 Å². The van der Waals surface area contributed by atoms with Gasteiger partial charge in [-0.15, -0.1) is 6.58 Å². The van der Waals surface area contributed by atoms with Gasteiger partial charge in [0.15, 0.2) is 0 Å². The van der Waals surface area contributed by atoms with Crippen molar-refractivity contribution in [2.75, 3.05) is 47.6 Å². The van der Waals surface area contributed by atoms with Crippen molar-refractivity contribution in [2.24, 2.45) is 0 Å². The Morgan fingerprint density at radius 3 is 2.31 bits per heavy atom. The van der Waals surface area contributed by atoms with Crippen molar-refractivity contribution in [3.63, 3.8) is 0 Å². The molecule has 1 aromatic carbocycles. The molecule has 0 spiro atoms. The third kappa shape index (κ3) is 11.1. The second-order valence-corrected chi connectivity index (χ2v) is 5.34. The smallest absolute Gasteiger partial charge is 0.414 e. The highest BCUT2D eigenvalue weighted by Crippen LogP contribution is 2.24. The van der Waals surface area contributed by atoms with E-state index in [1.807, 2.05) is 38.4 Å². The maximum Gasteiger partial charge on any atom is 0.414 e. The fourth-order valence-electron chi connectivity index (χ4n) is 1.70. The Bertz CT molecular complexity index is 561. The largest absolute Gasteiger partial charge is 0.497 e. The number of hydrogen-bond donors (Lipinski definition) is 2. The Kier molecular flexibility index (Phi) is 12.3. The first-order chi connectivity index (χ1) is 12.3. The number of likely N-dealkylation sites (N-methyl/N-ethyl adjacent to an activating group) is 1. The number of carboxylic acid groups (broad SMARTS) is 2. The molecule has 0 radical (unpaired) electrons. The van der Waals surface area contributed by atoms with Gasteiger partial charge in [-0.3, -0.25) is 0 Å². The number of hydrogen-bond acceptors (Lipinski definition) is 6. The molecule has 8 heteroatoms. The molecule has 146 valence electrons. The zero-order chi connectivity index (χ0) is 19.9. The van der Waals surface area contributed by atoms with Crippen LogP contribution in [-0.4, -0.2) is 74.6 Å². The van der Waals surface area contributed by atoms with E-state index in [9.17, 15) is 0 Å². The van der Waals surface area contributed by atoms with Crippen LogP contribution in [0.4, 0.5) is 0 Å². The highest BCUT2D eigenvalue weighted by Gasteiger charge is 2.05. The summed E-state index contributed by atoms with van der Waals surface area (Å²) in [4.78, 5) is 20.3. The molecule has 0 aromatic heterocycles. The van der Waals surface area contributed by atoms with Gasteiger partial charge in [0.05, 0.1) is 20.3 Å². The van der Waals surface area contributed by atoms with Gasteiger partial charge in [-0.2, -0.15) is 0 Å². The molecule has 26 heavy (non-hydrogen) atoms. The van der Waals surface area contributed by atoms with E-state index < -0.39 is 11.9 Å². The summed E-state index contributed by atoms with van der Waals surface area (Å²) < 4.78 is 16.5. The SMILES string of the molecule is C=CCc1cc(OC)ccc1OCCOCCN(C)C.O=C(O)C(=O)O. The molecule has 0 atom stereocenters. The quantitative estimate of drug-likeness (QED) is 0.363. The molecule has 2 N–H and O–H groups in total. The van der Waals surface area contributed by atoms with Crippen LogP contribution in [-0.2, 0) is 20.7 Å². The number of rotatable bonds is 10. The molecule has 0 saturated carbocycles. The van der Waals surface area contributed by atoms with E-state index in [2.05, 4.69) is 11.5 Å². The molecule has 0 aliphatic heterocycles. The molecule has 0 bridgehead atoms. The van der Waals surface area contributed by atoms with E-state index in [-0.39, 0.29) is 0 Å². The maximum absolute atomic E-state index is 9.10. The van der Waals surface area contributed by atoms with Gasteiger partial charge in [0.1, 0.15) is 18.1 Å². The minimum Gasteiger partial charge on any atom is -0.497 e. The number of benzene rings is 1. The number of carboxylic acids is 2. The minimum atomic E-state index is -1.82. The lowest BCUT2D eigenvalue weighted by Gasteiger charge is -2.13. The third-order valence-corrected chi connectivity index (χ3v) is 2.98. The topological polar surface area (TPSA) is 106 Å². The summed E-state index contributed by atoms with van der Waals surface area (Å²) in [6.45, 7) is 6.54. The van der Waals surface area contributed by atoms with Crippen LogP contribution >= 0.6 is 0 Å². The highest BCUT2D eigenvalue weighted by molar-refractivity contribution is 6.27. The van der Waals surface area contributed by atoms with E-state index in [0.717, 1.165) is 36.6 Å². The van der Waals surface area contributed by atoms with Crippen molar-refractivity contribution >= 4 is 11.9 Å². The molecule has 0 aliphatic rings. The first kappa shape index (κ1) is 23.4. The number of nitrogens with zero attached hydrogens (tertiary/aromatic N) is 1. The lowest BCUT2D eigenvalue weighted by atomic mass is 10.1. The summed E-state index contributed by atoms with van der Waals surface area (Å²) >= 11 is 0. The summed E-state index contributed by atoms with van der Waals surface area (Å²) in [7, 11) is 5.71. The molecule has 0 amide bonds. The van der Waals surface area contributed by atoms with Crippen LogP contribution in [0.5, 0.6) is 11.5 Å². The van der Waals surface area contributed by atoms with Crippen LogP contribution in [0.15, 0.2) is 30.9 Å². The van der Waals surface area contributed by atoms with Gasteiger partial charge in [0, 0.05) is 12.1 Å². The molecule has 0 saturated heterocycles. The number of ether oxygens (including phenoxy) is 3. The number of allylic oxidation sites excluding steroid dienone is 1. The Balaban J connectivity index is 0.000000896. The molecule has 0 unspecified atom stereocenters. The second-order valence-electron chi connectivity index (χ2n) is 5.34. The zero-order valence-corrected chi connectivity index (χ0v) is 15.4. The summed E-state index contributed by atoms with van der Waals surface area (Å²) in [6.07, 6.45) is 2.61. The Hall–Kier alpha value is -2.58. The lowest BCUT2D eigenvalue weighted by Crippen LogP contribution is -2.19. The van der Waals surface area contributed by atoms with E-state index in [1.54, 1.807) is 7.11 Å². The Morgan fingerprint density at radius 1 is 1.15 bits per heavy atom. The number of carbonyl (C=O) groups is 2. The fraction of sp³-hybridized carbons (Fsp3) is 0.444. The monoisotopic (exact) mass is 369 g/mol. The Labute approximate surface area is 153 Å². The molecule has 1 rings (SSSR count). The summed E-state index contributed by atoms with van der Waals surface area (Å²) in [5.41, 5.74) is 1.08. The van der Waals surface area contributed by atoms with Crippen LogP contribution in [0.1, 0.15) is 5.56 Å². The average molecular weight is 369 g/mol. The normalized spacial score (nSPS) is 9.85. The minimum absolute atomic E-state index is 0.546. The van der Waals surface area contributed by atoms with Crippen LogP contribution in [0.3, 0.4) is 0 Å². The number of aliphatic carboxylic acids is 2. The van der Waals surface area contributed by atoms with Crippen molar-refractivity contribution < 1.29 is 34.0 Å². The molecule has 0 heterocycles. The molecule has 1 aromatic rings. The van der Waals surface area contributed by atoms with Crippen molar-refractivity contribution in [3.8, 4) is 11.5 Å². The van der Waals surface area contributed by atoms with Gasteiger partial charge in [0.25, 0.3) is 0 Å². The maximum atomic E-state index is 9.10. The summed E-state index contributed by atoms with van der Waals surface area (Å²) in [6, 6.07) is 5.80. The van der Waals surface area contributed by atoms with E-state index >= 15 is 0 Å². The van der Waals surface area contributed by atoms with Gasteiger partial charge in [-0.25, -0.2) is 9.59 Å². The van der Waals surface area contributed by atoms with Crippen LogP contribution in [0, 0.1) is 0 Å². The standard InChI is InChI=1S/C16H25NO3.C2H2O4/c1-5-6-14-13-15(18-4)7-8-16(14)20-12-11-19-10-9-17(2)3;3-1(4)2(5)6/h5,7-8,13H,1,6,9-12H2,2-4H3;(H,3,4)(H,5,6). The van der Waals surface area contributed by atoms with Crippen molar-refractivity contribution in [2.45, 2.75) is 6.42 Å². The van der Waals surface area contributed by atoms with E-state index in [1.165, 1.54) is 0 Å². The van der Waals surface area contributed by atoms with Crippen molar-refractivity contribution in [1.29, 1.82) is 0 Å². The average Bonchev–Trinajstić information content (AvgIpc) is 2.59. The fourth-order valence-corrected chi connectivity index (χ4v) is 1.70. The summed E-state index contributed by atoms with van der Waals surface area (Å²) in [5, 5.41) is 14.8. The first-order valence-corrected chi connectivity index (χ1v) is 7.91. The van der Waals surface area contributed by atoms with Crippen LogP contribution < -0.4 is 9.47 Å². The zero-order valence-electron chi connectivity index (χ0n) is 15.4. The predicted molar refractivity (Wildman–Crippen MR) is 97.0 cm³/mol. The van der Waals surface area contributed by atoms with Gasteiger partial charge < -0.3 is 29.3 Å². The van der Waals surface area contributed by atoms with Gasteiger partial charge in [0.2, 0.25) is 0 Å². The van der Waals surface area contributed by atoms with Crippen LogP contribution in [0.2, 0.25) is 0 Å². The van der Waals surface area contributed by atoms with E-state index in [0.29, 0.717) is 13.2 Å². The molecular formula is C18H27NO7. The lowest BCUT2D eigenvalue weighted by molar-refractivity contribution is -0.159. The second kappa shape index (κ2) is 13.7. The first-order valence-electron chi connectivity index (χ1n) is 7.91. The summed E-state index contributed by atoms with van der Waals surface area (Å²) in [5.74, 6) is -1.96.